The van der Waals surface area contributed by atoms with Gasteiger partial charge in [-0.05, 0) is 6.92 Å². The molecule has 0 aliphatic carbocycles. The molecule has 3 N–H and O–H groups in total. The van der Waals surface area contributed by atoms with Gasteiger partial charge in [-0.3, -0.25) is 10.1 Å². The third kappa shape index (κ3) is 2.92. The highest BCUT2D eigenvalue weighted by Gasteiger charge is 2.09. The van der Waals surface area contributed by atoms with Gasteiger partial charge < -0.3 is 11.1 Å². The molecule has 94 valence electrons. The number of anilines is 2. The highest BCUT2D eigenvalue weighted by Crippen LogP contribution is 2.20. The molecule has 0 aromatic carbocycles. The molecule has 0 atom stereocenters. The minimum Gasteiger partial charge on any atom is -0.383 e. The summed E-state index contributed by atoms with van der Waals surface area (Å²) >= 11 is 1.56. The molecule has 0 unspecified atom stereocenters. The molecule has 2 rings (SSSR count). The number of nitro groups is 1. The van der Waals surface area contributed by atoms with Gasteiger partial charge in [0.25, 0.3) is 5.69 Å². The molecule has 2 heterocycles. The molecule has 0 aliphatic rings. The molecule has 0 aliphatic heterocycles. The molecule has 0 fully saturated rings. The molecular formula is C10H11N5O2S. The van der Waals surface area contributed by atoms with Gasteiger partial charge in [0.2, 0.25) is 0 Å². The van der Waals surface area contributed by atoms with Crippen molar-refractivity contribution in [2.75, 3.05) is 11.1 Å². The Labute approximate surface area is 107 Å². The zero-order valence-corrected chi connectivity index (χ0v) is 10.4. The van der Waals surface area contributed by atoms with Crippen LogP contribution in [0.25, 0.3) is 0 Å². The third-order valence-corrected chi connectivity index (χ3v) is 3.04. The lowest BCUT2D eigenvalue weighted by Gasteiger charge is -2.04. The summed E-state index contributed by atoms with van der Waals surface area (Å²) in [6, 6.07) is 2.57. The molecule has 2 aromatic heterocycles. The summed E-state index contributed by atoms with van der Waals surface area (Å²) in [6.07, 6.45) is 1.77. The van der Waals surface area contributed by atoms with Crippen molar-refractivity contribution in [1.29, 1.82) is 0 Å². The van der Waals surface area contributed by atoms with Crippen LogP contribution in [0.3, 0.4) is 0 Å². The van der Waals surface area contributed by atoms with Crippen molar-refractivity contribution in [3.05, 3.63) is 38.3 Å². The van der Waals surface area contributed by atoms with Gasteiger partial charge in [0.05, 0.1) is 23.6 Å². The van der Waals surface area contributed by atoms with E-state index in [1.54, 1.807) is 17.5 Å². The van der Waals surface area contributed by atoms with E-state index in [0.29, 0.717) is 12.4 Å². The normalized spacial score (nSPS) is 10.3. The first kappa shape index (κ1) is 12.2. The fourth-order valence-electron chi connectivity index (χ4n) is 1.38. The predicted molar refractivity (Wildman–Crippen MR) is 69.5 cm³/mol. The fourth-order valence-corrected chi connectivity index (χ4v) is 2.11. The van der Waals surface area contributed by atoms with Crippen LogP contribution in [0.15, 0.2) is 18.3 Å². The SMILES string of the molecule is Cc1cnc(CNc2cc([N+](=O)[O-])cc(N)n2)s1. The predicted octanol–water partition coefficient (Wildman–Crippen LogP) is 1.95. The maximum absolute atomic E-state index is 10.7. The number of aryl methyl sites for hydroxylation is 1. The van der Waals surface area contributed by atoms with Crippen LogP contribution in [0.1, 0.15) is 9.88 Å². The van der Waals surface area contributed by atoms with Crippen LogP contribution in [0.4, 0.5) is 17.3 Å². The average Bonchev–Trinajstić information content (AvgIpc) is 2.72. The van der Waals surface area contributed by atoms with Crippen LogP contribution in [-0.4, -0.2) is 14.9 Å². The van der Waals surface area contributed by atoms with E-state index in [2.05, 4.69) is 15.3 Å². The average molecular weight is 265 g/mol. The number of hydrogen-bond acceptors (Lipinski definition) is 7. The lowest BCUT2D eigenvalue weighted by atomic mass is 10.3. The molecule has 18 heavy (non-hydrogen) atoms. The Hall–Kier alpha value is -2.22. The molecule has 2 aromatic rings. The molecule has 0 bridgehead atoms. The number of aromatic nitrogens is 2. The lowest BCUT2D eigenvalue weighted by molar-refractivity contribution is -0.384. The Morgan fingerprint density at radius 1 is 1.56 bits per heavy atom. The van der Waals surface area contributed by atoms with Crippen molar-refractivity contribution in [2.24, 2.45) is 0 Å². The minimum atomic E-state index is -0.503. The second-order valence-electron chi connectivity index (χ2n) is 3.61. The number of nitrogens with two attached hydrogens (primary N) is 1. The lowest BCUT2D eigenvalue weighted by Crippen LogP contribution is -2.03. The molecule has 0 saturated carbocycles. The number of nitrogen functional groups attached to an aromatic ring is 1. The van der Waals surface area contributed by atoms with Crippen LogP contribution in [0.2, 0.25) is 0 Å². The smallest absolute Gasteiger partial charge is 0.276 e. The number of nitrogens with one attached hydrogen (secondary N) is 1. The molecule has 0 spiro atoms. The van der Waals surface area contributed by atoms with Crippen LogP contribution in [0.5, 0.6) is 0 Å². The van der Waals surface area contributed by atoms with Crippen molar-refractivity contribution in [1.82, 2.24) is 9.97 Å². The second-order valence-corrected chi connectivity index (χ2v) is 4.93. The quantitative estimate of drug-likeness (QED) is 0.646. The minimum absolute atomic E-state index is 0.0830. The summed E-state index contributed by atoms with van der Waals surface area (Å²) in [5.41, 5.74) is 5.42. The monoisotopic (exact) mass is 265 g/mol. The van der Waals surface area contributed by atoms with Crippen molar-refractivity contribution >= 4 is 28.7 Å². The molecule has 8 heteroatoms. The Kier molecular flexibility index (Phi) is 3.38. The molecule has 0 amide bonds. The van der Waals surface area contributed by atoms with E-state index in [4.69, 9.17) is 5.73 Å². The van der Waals surface area contributed by atoms with E-state index in [1.807, 2.05) is 6.92 Å². The third-order valence-electron chi connectivity index (χ3n) is 2.13. The molecular weight excluding hydrogens is 254 g/mol. The number of pyridine rings is 1. The van der Waals surface area contributed by atoms with Crippen LogP contribution < -0.4 is 11.1 Å². The Morgan fingerprint density at radius 3 is 2.94 bits per heavy atom. The van der Waals surface area contributed by atoms with Gasteiger partial charge in [-0.2, -0.15) is 0 Å². The Morgan fingerprint density at radius 2 is 2.33 bits per heavy atom. The molecule has 7 nitrogen and oxygen atoms in total. The van der Waals surface area contributed by atoms with E-state index < -0.39 is 4.92 Å². The fraction of sp³-hybridized carbons (Fsp3) is 0.200. The summed E-state index contributed by atoms with van der Waals surface area (Å²) in [7, 11) is 0. The van der Waals surface area contributed by atoms with Gasteiger partial charge in [-0.1, -0.05) is 0 Å². The Bertz CT molecular complexity index is 583. The van der Waals surface area contributed by atoms with Crippen LogP contribution in [-0.2, 0) is 6.54 Å². The number of thiazole rings is 1. The van der Waals surface area contributed by atoms with Crippen LogP contribution in [0, 0.1) is 17.0 Å². The Balaban J connectivity index is 2.11. The van der Waals surface area contributed by atoms with E-state index in [0.717, 1.165) is 9.88 Å². The number of rotatable bonds is 4. The first-order chi connectivity index (χ1) is 8.54. The van der Waals surface area contributed by atoms with Gasteiger partial charge >= 0.3 is 0 Å². The van der Waals surface area contributed by atoms with Gasteiger partial charge in [-0.15, -0.1) is 11.3 Å². The van der Waals surface area contributed by atoms with E-state index >= 15 is 0 Å². The van der Waals surface area contributed by atoms with Crippen molar-refractivity contribution in [3.63, 3.8) is 0 Å². The summed E-state index contributed by atoms with van der Waals surface area (Å²) in [6.45, 7) is 2.43. The van der Waals surface area contributed by atoms with Gasteiger partial charge in [-0.25, -0.2) is 9.97 Å². The topological polar surface area (TPSA) is 107 Å². The van der Waals surface area contributed by atoms with Crippen molar-refractivity contribution in [2.45, 2.75) is 13.5 Å². The summed E-state index contributed by atoms with van der Waals surface area (Å²) in [5.74, 6) is 0.483. The largest absolute Gasteiger partial charge is 0.383 e. The van der Waals surface area contributed by atoms with E-state index in [1.165, 1.54) is 12.1 Å². The summed E-state index contributed by atoms with van der Waals surface area (Å²) in [5, 5.41) is 14.5. The summed E-state index contributed by atoms with van der Waals surface area (Å²) in [4.78, 5) is 19.4. The highest BCUT2D eigenvalue weighted by molar-refractivity contribution is 7.11. The first-order valence-corrected chi connectivity index (χ1v) is 5.93. The first-order valence-electron chi connectivity index (χ1n) is 5.12. The second kappa shape index (κ2) is 4.96. The molecule has 0 saturated heterocycles. The zero-order chi connectivity index (χ0) is 13.1. The molecule has 0 radical (unpaired) electrons. The van der Waals surface area contributed by atoms with E-state index in [-0.39, 0.29) is 11.5 Å². The van der Waals surface area contributed by atoms with E-state index in [9.17, 15) is 10.1 Å². The van der Waals surface area contributed by atoms with Gasteiger partial charge in [0.1, 0.15) is 16.6 Å². The number of nitrogens with zero attached hydrogens (tertiary/aromatic N) is 3. The number of hydrogen-bond donors (Lipinski definition) is 2. The zero-order valence-electron chi connectivity index (χ0n) is 9.58. The summed E-state index contributed by atoms with van der Waals surface area (Å²) < 4.78 is 0. The van der Waals surface area contributed by atoms with Gasteiger partial charge in [0, 0.05) is 11.1 Å². The standard InChI is InChI=1S/C10H11N5O2S/c1-6-4-13-10(18-6)5-12-9-3-7(15(16)17)2-8(11)14-9/h2-4H,5H2,1H3,(H3,11,12,14). The maximum atomic E-state index is 10.7. The van der Waals surface area contributed by atoms with Crippen molar-refractivity contribution < 1.29 is 4.92 Å². The van der Waals surface area contributed by atoms with Gasteiger partial charge in [0.15, 0.2) is 0 Å². The maximum Gasteiger partial charge on any atom is 0.276 e. The highest BCUT2D eigenvalue weighted by atomic mass is 32.1. The van der Waals surface area contributed by atoms with Crippen LogP contribution >= 0.6 is 11.3 Å². The van der Waals surface area contributed by atoms with Crippen molar-refractivity contribution in [3.8, 4) is 0 Å².